The van der Waals surface area contributed by atoms with Gasteiger partial charge in [0.1, 0.15) is 6.61 Å². The second kappa shape index (κ2) is 39.8. The molecule has 2 unspecified atom stereocenters. The molecule has 0 aromatic heterocycles. The quantitative estimate of drug-likeness (QED) is 0.0183. The maximum absolute atomic E-state index is 12.5. The van der Waals surface area contributed by atoms with Crippen LogP contribution in [0.5, 0.6) is 0 Å². The highest BCUT2D eigenvalue weighted by atomic mass is 31.2. The van der Waals surface area contributed by atoms with Crippen LogP contribution in [0.3, 0.4) is 0 Å². The number of rotatable bonds is 36. The van der Waals surface area contributed by atoms with Crippen molar-refractivity contribution >= 4 is 19.8 Å². The summed E-state index contributed by atoms with van der Waals surface area (Å²) in [5.74, 6) is -0.963. The van der Waals surface area contributed by atoms with Gasteiger partial charge in [0.25, 0.3) is 0 Å². The minimum atomic E-state index is -4.42. The average molecular weight is 802 g/mol. The lowest BCUT2D eigenvalue weighted by Crippen LogP contribution is -2.29. The molecule has 316 valence electrons. The predicted octanol–water partition coefficient (Wildman–Crippen LogP) is 10.6. The van der Waals surface area contributed by atoms with Gasteiger partial charge >= 0.3 is 19.8 Å². The summed E-state index contributed by atoms with van der Waals surface area (Å²) in [6.07, 6.45) is 48.9. The first-order valence-electron chi connectivity index (χ1n) is 20.5. The van der Waals surface area contributed by atoms with Crippen LogP contribution in [0.4, 0.5) is 0 Å². The molecular weight excluding hydrogens is 729 g/mol. The zero-order chi connectivity index (χ0) is 41.2. The molecule has 0 rings (SSSR count). The molecule has 0 spiro atoms. The highest BCUT2D eigenvalue weighted by Crippen LogP contribution is 2.43. The van der Waals surface area contributed by atoms with Crippen LogP contribution in [-0.2, 0) is 32.7 Å². The van der Waals surface area contributed by atoms with E-state index >= 15 is 0 Å². The van der Waals surface area contributed by atoms with Crippen molar-refractivity contribution in [2.45, 2.75) is 135 Å². The van der Waals surface area contributed by atoms with Gasteiger partial charge in [0.2, 0.25) is 0 Å². The van der Waals surface area contributed by atoms with Gasteiger partial charge in [-0.15, -0.1) is 0 Å². The fourth-order valence-electron chi connectivity index (χ4n) is 4.74. The Hall–Kier alpha value is -3.37. The van der Waals surface area contributed by atoms with Crippen LogP contribution in [0, 0.1) is 0 Å². The lowest BCUT2D eigenvalue weighted by molar-refractivity contribution is -0.161. The number of carbonyl (C=O) groups excluding carboxylic acids is 2. The zero-order valence-electron chi connectivity index (χ0n) is 34.2. The van der Waals surface area contributed by atoms with Gasteiger partial charge in [0.05, 0.1) is 19.3 Å². The Labute approximate surface area is 338 Å². The summed E-state index contributed by atoms with van der Waals surface area (Å²) in [4.78, 5) is 34.8. The molecule has 0 fully saturated rings. The summed E-state index contributed by atoms with van der Waals surface area (Å²) in [7, 11) is -4.42. The summed E-state index contributed by atoms with van der Waals surface area (Å²) in [5, 5.41) is 9.76. The van der Waals surface area contributed by atoms with Crippen LogP contribution in [0.1, 0.15) is 123 Å². The molecule has 11 heteroatoms. The van der Waals surface area contributed by atoms with Gasteiger partial charge in [-0.1, -0.05) is 136 Å². The van der Waals surface area contributed by atoms with E-state index in [0.717, 1.165) is 70.6 Å². The number of aliphatic hydroxyl groups excluding tert-OH is 1. The number of allylic oxidation sites excluding steroid dienone is 16. The van der Waals surface area contributed by atoms with Crippen molar-refractivity contribution in [3.05, 3.63) is 109 Å². The third kappa shape index (κ3) is 38.9. The molecule has 3 atom stereocenters. The van der Waals surface area contributed by atoms with Crippen molar-refractivity contribution in [1.82, 2.24) is 0 Å². The Morgan fingerprint density at radius 1 is 0.625 bits per heavy atom. The lowest BCUT2D eigenvalue weighted by atomic mass is 10.1. The van der Waals surface area contributed by atoms with E-state index in [1.54, 1.807) is 0 Å². The van der Waals surface area contributed by atoms with Gasteiger partial charge < -0.3 is 25.2 Å². The summed E-state index contributed by atoms with van der Waals surface area (Å²) in [6.45, 7) is 3.23. The van der Waals surface area contributed by atoms with Crippen molar-refractivity contribution in [3.63, 3.8) is 0 Å². The first-order chi connectivity index (χ1) is 27.2. The van der Waals surface area contributed by atoms with Crippen LogP contribution in [0.2, 0.25) is 0 Å². The van der Waals surface area contributed by atoms with Gasteiger partial charge in [-0.2, -0.15) is 0 Å². The largest absolute Gasteiger partial charge is 0.472 e. The van der Waals surface area contributed by atoms with Crippen LogP contribution in [0.15, 0.2) is 109 Å². The Morgan fingerprint density at radius 3 is 1.79 bits per heavy atom. The van der Waals surface area contributed by atoms with Crippen molar-refractivity contribution in [2.75, 3.05) is 26.4 Å². The number of ether oxygens (including phenoxy) is 2. The minimum Gasteiger partial charge on any atom is -0.462 e. The third-order valence-electron chi connectivity index (χ3n) is 7.73. The number of nitrogens with two attached hydrogens (primary N) is 1. The fourth-order valence-corrected chi connectivity index (χ4v) is 5.50. The molecular formula is C45H72NO9P. The van der Waals surface area contributed by atoms with E-state index in [1.807, 2.05) is 55.5 Å². The van der Waals surface area contributed by atoms with E-state index in [1.165, 1.54) is 0 Å². The topological polar surface area (TPSA) is 155 Å². The van der Waals surface area contributed by atoms with E-state index in [0.29, 0.717) is 25.7 Å². The number of phosphoric ester groups is 1. The molecule has 0 aromatic carbocycles. The molecule has 0 saturated carbocycles. The zero-order valence-corrected chi connectivity index (χ0v) is 35.1. The maximum Gasteiger partial charge on any atom is 0.472 e. The fraction of sp³-hybridized carbons (Fsp3) is 0.556. The third-order valence-corrected chi connectivity index (χ3v) is 8.71. The number of phosphoric acid groups is 1. The van der Waals surface area contributed by atoms with Gasteiger partial charge in [-0.05, 0) is 83.5 Å². The van der Waals surface area contributed by atoms with Crippen LogP contribution in [0.25, 0.3) is 0 Å². The van der Waals surface area contributed by atoms with E-state index in [-0.39, 0.29) is 32.6 Å². The highest BCUT2D eigenvalue weighted by Gasteiger charge is 2.25. The molecule has 0 amide bonds. The number of aliphatic hydroxyl groups is 1. The molecule has 0 heterocycles. The monoisotopic (exact) mass is 801 g/mol. The van der Waals surface area contributed by atoms with Crippen LogP contribution < -0.4 is 5.73 Å². The Kier molecular flexibility index (Phi) is 37.5. The van der Waals surface area contributed by atoms with Gasteiger partial charge in [0, 0.05) is 19.4 Å². The van der Waals surface area contributed by atoms with E-state index in [2.05, 4.69) is 67.7 Å². The smallest absolute Gasteiger partial charge is 0.462 e. The van der Waals surface area contributed by atoms with Gasteiger partial charge in [-0.25, -0.2) is 4.57 Å². The summed E-state index contributed by atoms with van der Waals surface area (Å²) >= 11 is 0. The lowest BCUT2D eigenvalue weighted by Gasteiger charge is -2.19. The van der Waals surface area contributed by atoms with Crippen molar-refractivity contribution in [1.29, 1.82) is 0 Å². The summed E-state index contributed by atoms with van der Waals surface area (Å²) in [5.41, 5.74) is 5.33. The second-order valence-electron chi connectivity index (χ2n) is 12.9. The van der Waals surface area contributed by atoms with Gasteiger partial charge in [0.15, 0.2) is 6.10 Å². The Bertz CT molecular complexity index is 1300. The Balaban J connectivity index is 4.39. The molecule has 0 aliphatic carbocycles. The van der Waals surface area contributed by atoms with E-state index in [4.69, 9.17) is 24.3 Å². The number of esters is 2. The first-order valence-corrected chi connectivity index (χ1v) is 22.0. The minimum absolute atomic E-state index is 0.0269. The molecule has 0 bridgehead atoms. The molecule has 0 aliphatic rings. The normalized spacial score (nSPS) is 15.0. The molecule has 4 N–H and O–H groups in total. The Morgan fingerprint density at radius 2 is 1.16 bits per heavy atom. The summed E-state index contributed by atoms with van der Waals surface area (Å²) in [6, 6.07) is 0. The molecule has 56 heavy (non-hydrogen) atoms. The van der Waals surface area contributed by atoms with Crippen LogP contribution in [-0.4, -0.2) is 60.5 Å². The van der Waals surface area contributed by atoms with E-state index in [9.17, 15) is 24.2 Å². The average Bonchev–Trinajstić information content (AvgIpc) is 3.18. The van der Waals surface area contributed by atoms with Gasteiger partial charge in [-0.3, -0.25) is 18.6 Å². The van der Waals surface area contributed by atoms with Crippen molar-refractivity contribution < 1.29 is 42.7 Å². The van der Waals surface area contributed by atoms with E-state index < -0.39 is 38.6 Å². The molecule has 0 radical (unpaired) electrons. The number of unbranched alkanes of at least 4 members (excludes halogenated alkanes) is 5. The predicted molar refractivity (Wildman–Crippen MR) is 230 cm³/mol. The molecule has 0 aliphatic heterocycles. The van der Waals surface area contributed by atoms with Crippen molar-refractivity contribution in [2.24, 2.45) is 5.73 Å². The second-order valence-corrected chi connectivity index (χ2v) is 14.4. The summed E-state index contributed by atoms with van der Waals surface area (Å²) < 4.78 is 32.6. The highest BCUT2D eigenvalue weighted by molar-refractivity contribution is 7.47. The number of hydrogen-bond acceptors (Lipinski definition) is 9. The number of carbonyl (C=O) groups is 2. The maximum atomic E-state index is 12.5. The van der Waals surface area contributed by atoms with Crippen molar-refractivity contribution in [3.8, 4) is 0 Å². The number of hydrogen-bond donors (Lipinski definition) is 3. The first kappa shape index (κ1) is 52.6. The standard InChI is InChI=1S/C45H72NO9P/c1-3-5-7-8-9-10-11-12-13-14-15-16-20-23-26-29-32-36-44(48)52-40-43(41-54-56(50,51)53-39-38-46)55-45(49)37-33-30-27-24-21-18-17-19-22-25-28-31-35-42(47)34-6-4-2/h5-7,9-10,12-13,15-18,22,24-25,27-28,31,34,42-43,47H,3-4,8,11,14,19-21,23,26,29-30,32-33,35-41,46H2,1-2H3,(H,50,51)/b7-5-,10-9-,13-12-,16-15-,18-17-,25-22-,27-24-,31-28+,34-6-/t42?,43-/m1/s1. The molecule has 0 saturated heterocycles. The molecule has 10 nitrogen and oxygen atoms in total. The SMILES string of the molecule is CC/C=C\C/C=C\C/C=C\C/C=C\CCCCCCC(=O)OC[C@H](COP(=O)(O)OCCN)OC(=O)CCC/C=C\C/C=C\C/C=C\C=C\CC(O)/C=C\CC. The molecule has 0 aromatic rings. The van der Waals surface area contributed by atoms with Crippen LogP contribution >= 0.6 is 7.82 Å².